The highest BCUT2D eigenvalue weighted by Crippen LogP contribution is 2.67. The first-order chi connectivity index (χ1) is 27.1. The van der Waals surface area contributed by atoms with Crippen molar-refractivity contribution in [2.45, 2.75) is 162 Å². The molecule has 14 atom stereocenters. The molecule has 0 bridgehead atoms. The molecule has 3 saturated carbocycles. The third-order valence-electron chi connectivity index (χ3n) is 15.4. The summed E-state index contributed by atoms with van der Waals surface area (Å²) in [5, 5.41) is 26.0. The van der Waals surface area contributed by atoms with Crippen LogP contribution in [0.3, 0.4) is 0 Å². The van der Waals surface area contributed by atoms with Gasteiger partial charge in [0, 0.05) is 32.5 Å². The van der Waals surface area contributed by atoms with Gasteiger partial charge in [0.25, 0.3) is 0 Å². The predicted molar refractivity (Wildman–Crippen MR) is 217 cm³/mol. The molecule has 5 rings (SSSR count). The van der Waals surface area contributed by atoms with Crippen LogP contribution in [-0.4, -0.2) is 105 Å². The van der Waals surface area contributed by atoms with Crippen molar-refractivity contribution in [3.63, 3.8) is 0 Å². The number of hydrogen-bond donors (Lipinski definition) is 4. The minimum atomic E-state index is -1.18. The van der Waals surface area contributed by atoms with E-state index in [4.69, 9.17) is 23.7 Å². The molecule has 0 aromatic carbocycles. The summed E-state index contributed by atoms with van der Waals surface area (Å²) in [4.78, 5) is 37.7. The topological polar surface area (TPSA) is 162 Å². The van der Waals surface area contributed by atoms with E-state index in [1.165, 1.54) is 65.6 Å². The van der Waals surface area contributed by atoms with Crippen LogP contribution in [-0.2, 0) is 38.1 Å². The Kier molecular flexibility index (Phi) is 16.5. The normalized spacial score (nSPS) is 37.3. The molecule has 1 aliphatic heterocycles. The summed E-state index contributed by atoms with van der Waals surface area (Å²) in [6.07, 6.45) is 12.6. The fraction of sp³-hybridized carbons (Fsp3) is 0.889. The molecule has 4 aliphatic carbocycles. The molecule has 0 spiro atoms. The molecule has 0 aromatic rings. The Morgan fingerprint density at radius 3 is 2.47 bits per heavy atom. The Labute approximate surface area is 342 Å². The largest absolute Gasteiger partial charge is 0.468 e. The van der Waals surface area contributed by atoms with Crippen molar-refractivity contribution in [3.8, 4) is 0 Å². The van der Waals surface area contributed by atoms with Gasteiger partial charge in [-0.2, -0.15) is 0 Å². The van der Waals surface area contributed by atoms with Gasteiger partial charge < -0.3 is 44.5 Å². The van der Waals surface area contributed by atoms with Crippen molar-refractivity contribution in [3.05, 3.63) is 11.6 Å². The Morgan fingerprint density at radius 1 is 0.982 bits per heavy atom. The number of aliphatic hydroxyl groups is 2. The number of hydrogen-bond acceptors (Lipinski definition) is 11. The van der Waals surface area contributed by atoms with Crippen molar-refractivity contribution < 1.29 is 48.3 Å². The number of carbonyl (C=O) groups is 3. The van der Waals surface area contributed by atoms with Crippen LogP contribution in [0.1, 0.15) is 125 Å². The summed E-state index contributed by atoms with van der Waals surface area (Å²) < 4.78 is 27.4. The van der Waals surface area contributed by atoms with E-state index in [1.807, 2.05) is 0 Å². The van der Waals surface area contributed by atoms with Gasteiger partial charge in [0.05, 0.1) is 38.4 Å². The molecule has 0 radical (unpaired) electrons. The van der Waals surface area contributed by atoms with Crippen LogP contribution in [0.15, 0.2) is 11.6 Å². The highest BCUT2D eigenvalue weighted by molar-refractivity contribution is 5.82. The molecule has 1 amide bonds. The first-order valence-electron chi connectivity index (χ1n) is 22.2. The quantitative estimate of drug-likeness (QED) is 0.0719. The molecular formula is C45H76N2O10. The lowest BCUT2D eigenvalue weighted by molar-refractivity contribution is -0.274. The van der Waals surface area contributed by atoms with E-state index in [0.717, 1.165) is 54.8 Å². The molecule has 4 fully saturated rings. The summed E-state index contributed by atoms with van der Waals surface area (Å²) in [5.74, 6) is 2.96. The lowest BCUT2D eigenvalue weighted by Gasteiger charge is -2.58. The maximum absolute atomic E-state index is 12.7. The molecule has 0 aromatic heterocycles. The lowest BCUT2D eigenvalue weighted by Crippen LogP contribution is -2.56. The Balaban J connectivity index is 1.01. The number of amides is 1. The number of fused-ring (bicyclic) bond motifs is 5. The zero-order valence-electron chi connectivity index (χ0n) is 36.3. The summed E-state index contributed by atoms with van der Waals surface area (Å²) in [6.45, 7) is 14.8. The van der Waals surface area contributed by atoms with Crippen LogP contribution in [0.25, 0.3) is 0 Å². The number of methoxy groups -OCH3 is 2. The minimum Gasteiger partial charge on any atom is -0.468 e. The number of ether oxygens (including phenoxy) is 5. The van der Waals surface area contributed by atoms with Crippen LogP contribution in [0.5, 0.6) is 0 Å². The van der Waals surface area contributed by atoms with Crippen LogP contribution < -0.4 is 10.6 Å². The van der Waals surface area contributed by atoms with Crippen LogP contribution in [0, 0.1) is 52.3 Å². The zero-order valence-corrected chi connectivity index (χ0v) is 36.3. The number of nitrogens with one attached hydrogen (secondary N) is 2. The number of esters is 2. The van der Waals surface area contributed by atoms with Crippen molar-refractivity contribution in [2.24, 2.45) is 52.3 Å². The van der Waals surface area contributed by atoms with E-state index in [1.54, 1.807) is 12.5 Å². The van der Waals surface area contributed by atoms with E-state index < -0.39 is 48.5 Å². The average molecular weight is 805 g/mol. The molecular weight excluding hydrogens is 728 g/mol. The smallest absolute Gasteiger partial charge is 0.323 e. The Bertz CT molecular complexity index is 1370. The number of aliphatic hydroxyl groups excluding tert-OH is 2. The molecule has 12 heteroatoms. The van der Waals surface area contributed by atoms with Gasteiger partial charge in [-0.1, -0.05) is 72.5 Å². The maximum Gasteiger partial charge on any atom is 0.323 e. The van der Waals surface area contributed by atoms with Crippen molar-refractivity contribution in [1.82, 2.24) is 10.6 Å². The van der Waals surface area contributed by atoms with E-state index >= 15 is 0 Å². The fourth-order valence-corrected chi connectivity index (χ4v) is 11.9. The second kappa shape index (κ2) is 20.4. The van der Waals surface area contributed by atoms with E-state index in [0.29, 0.717) is 12.0 Å². The molecule has 5 aliphatic rings. The van der Waals surface area contributed by atoms with Gasteiger partial charge in [0.15, 0.2) is 6.29 Å². The molecule has 1 saturated heterocycles. The van der Waals surface area contributed by atoms with Gasteiger partial charge >= 0.3 is 11.9 Å². The third kappa shape index (κ3) is 10.8. The Hall–Kier alpha value is -2.09. The standard InChI is InChI=1S/C45H76N2O10/c1-27(2)10-9-11-28(3)33-14-15-34-32-13-12-30-24-31(16-19-44(30,5)35(32)17-20-45(33,34)6)55-22-23-56-39(49)25-36(42(52)53-7)46-21-18-38(48)47-26-37-29(4)40(50)41(51)43(54-8)57-37/h12,27-29,31-37,40-41,43,46,50-51H,9-11,13-26H2,1-8H3,(H,47,48)/t28-,29-,31?,32+,33-,34+,35+,36-,37?,40-,41-,43?,44+,45-/m0/s1. The fourth-order valence-electron chi connectivity index (χ4n) is 11.9. The highest BCUT2D eigenvalue weighted by Gasteiger charge is 2.59. The van der Waals surface area contributed by atoms with Gasteiger partial charge in [0.2, 0.25) is 5.91 Å². The lowest BCUT2D eigenvalue weighted by atomic mass is 9.47. The van der Waals surface area contributed by atoms with Gasteiger partial charge in [-0.3, -0.25) is 14.4 Å². The second-order valence-electron chi connectivity index (χ2n) is 19.2. The SMILES string of the molecule is COC(=O)[C@H](CC(=O)OCCOC1CC[C@]2(C)C(=CC[C@@H]3[C@H]4CC[C@@H]([C@@H](C)CCCC(C)C)[C@]4(C)CC[C@H]32)C1)NCCC(=O)NCC1OC(OC)[C@@H](O)[C@@H](O)[C@H]1C. The molecule has 1 heterocycles. The zero-order chi connectivity index (χ0) is 41.5. The predicted octanol–water partition coefficient (Wildman–Crippen LogP) is 5.71. The molecule has 57 heavy (non-hydrogen) atoms. The number of allylic oxidation sites excluding steroid dienone is 1. The number of carbonyl (C=O) groups excluding carboxylic acids is 3. The Morgan fingerprint density at radius 2 is 1.75 bits per heavy atom. The minimum absolute atomic E-state index is 0.0209. The van der Waals surface area contributed by atoms with Gasteiger partial charge in [-0.15, -0.1) is 0 Å². The maximum atomic E-state index is 12.7. The van der Waals surface area contributed by atoms with Crippen molar-refractivity contribution >= 4 is 17.8 Å². The monoisotopic (exact) mass is 805 g/mol. The first-order valence-corrected chi connectivity index (χ1v) is 22.2. The third-order valence-corrected chi connectivity index (χ3v) is 15.4. The van der Waals surface area contributed by atoms with Crippen LogP contribution in [0.4, 0.5) is 0 Å². The van der Waals surface area contributed by atoms with E-state index in [-0.39, 0.29) is 50.0 Å². The van der Waals surface area contributed by atoms with Gasteiger partial charge in [-0.25, -0.2) is 0 Å². The molecule has 3 unspecified atom stereocenters. The van der Waals surface area contributed by atoms with Gasteiger partial charge in [-0.05, 0) is 97.7 Å². The van der Waals surface area contributed by atoms with Crippen LogP contribution in [0.2, 0.25) is 0 Å². The van der Waals surface area contributed by atoms with E-state index in [9.17, 15) is 24.6 Å². The first kappa shape index (κ1) is 46.0. The van der Waals surface area contributed by atoms with Crippen LogP contribution >= 0.6 is 0 Å². The summed E-state index contributed by atoms with van der Waals surface area (Å²) in [5.41, 5.74) is 2.31. The molecule has 326 valence electrons. The average Bonchev–Trinajstić information content (AvgIpc) is 3.54. The molecule has 12 nitrogen and oxygen atoms in total. The van der Waals surface area contributed by atoms with E-state index in [2.05, 4.69) is 51.3 Å². The van der Waals surface area contributed by atoms with Gasteiger partial charge in [0.1, 0.15) is 18.8 Å². The van der Waals surface area contributed by atoms with Crippen molar-refractivity contribution in [2.75, 3.05) is 40.5 Å². The number of rotatable bonds is 19. The highest BCUT2D eigenvalue weighted by atomic mass is 16.7. The summed E-state index contributed by atoms with van der Waals surface area (Å²) in [7, 11) is 2.62. The molecule has 4 N–H and O–H groups in total. The van der Waals surface area contributed by atoms with Crippen molar-refractivity contribution in [1.29, 1.82) is 0 Å². The summed E-state index contributed by atoms with van der Waals surface area (Å²) in [6, 6.07) is -0.971. The second-order valence-corrected chi connectivity index (χ2v) is 19.2. The summed E-state index contributed by atoms with van der Waals surface area (Å²) >= 11 is 0.